The Balaban J connectivity index is 2.78. The zero-order valence-corrected chi connectivity index (χ0v) is 8.65. The summed E-state index contributed by atoms with van der Waals surface area (Å²) in [6.07, 6.45) is 0. The summed E-state index contributed by atoms with van der Waals surface area (Å²) in [5.41, 5.74) is 1.92. The van der Waals surface area contributed by atoms with E-state index in [9.17, 15) is 0 Å². The maximum atomic E-state index is 4.12. The average molecular weight is 187 g/mol. The van der Waals surface area contributed by atoms with Gasteiger partial charge in [0.05, 0.1) is 11.2 Å². The molecule has 0 radical (unpaired) electrons. The summed E-state index contributed by atoms with van der Waals surface area (Å²) in [5.74, 6) is 0. The Labute approximate surface area is 83.2 Å². The maximum Gasteiger partial charge on any atom is 0.0966 e. The number of hydrogen-bond acceptors (Lipinski definition) is 3. The van der Waals surface area contributed by atoms with Gasteiger partial charge in [-0.3, -0.25) is 0 Å². The Kier molecular flexibility index (Phi) is 1.95. The SMILES string of the molecule is CC(C)(C)c1nnnc2ccccc12. The minimum Gasteiger partial charge on any atom is -0.134 e. The van der Waals surface area contributed by atoms with Crippen LogP contribution in [-0.2, 0) is 5.41 Å². The van der Waals surface area contributed by atoms with Crippen molar-refractivity contribution in [1.29, 1.82) is 0 Å². The molecule has 0 bridgehead atoms. The standard InChI is InChI=1S/C11H13N3/c1-11(2,3)10-8-6-4-5-7-9(8)12-14-13-10/h4-7H,1-3H3. The molecule has 2 aromatic rings. The largest absolute Gasteiger partial charge is 0.134 e. The number of rotatable bonds is 0. The molecular formula is C11H13N3. The van der Waals surface area contributed by atoms with Gasteiger partial charge in [0, 0.05) is 10.8 Å². The fourth-order valence-corrected chi connectivity index (χ4v) is 1.48. The highest BCUT2D eigenvalue weighted by atomic mass is 15.3. The molecule has 0 unspecified atom stereocenters. The molecule has 1 heterocycles. The molecule has 0 fully saturated rings. The van der Waals surface area contributed by atoms with E-state index >= 15 is 0 Å². The second kappa shape index (κ2) is 3.01. The van der Waals surface area contributed by atoms with Gasteiger partial charge in [0.15, 0.2) is 0 Å². The normalized spacial score (nSPS) is 11.9. The topological polar surface area (TPSA) is 38.7 Å². The lowest BCUT2D eigenvalue weighted by Crippen LogP contribution is -2.15. The van der Waals surface area contributed by atoms with Gasteiger partial charge in [-0.05, 0) is 11.3 Å². The molecule has 0 aliphatic carbocycles. The quantitative estimate of drug-likeness (QED) is 0.635. The van der Waals surface area contributed by atoms with E-state index in [1.54, 1.807) is 0 Å². The van der Waals surface area contributed by atoms with E-state index in [1.165, 1.54) is 0 Å². The van der Waals surface area contributed by atoms with E-state index < -0.39 is 0 Å². The first-order valence-corrected chi connectivity index (χ1v) is 4.67. The number of benzene rings is 1. The molecule has 0 aliphatic rings. The molecule has 1 aromatic heterocycles. The molecule has 2 rings (SSSR count). The van der Waals surface area contributed by atoms with Gasteiger partial charge in [-0.25, -0.2) is 0 Å². The molecule has 0 N–H and O–H groups in total. The second-order valence-electron chi connectivity index (χ2n) is 4.41. The van der Waals surface area contributed by atoms with Crippen LogP contribution in [0.1, 0.15) is 26.5 Å². The van der Waals surface area contributed by atoms with Gasteiger partial charge in [-0.15, -0.1) is 10.2 Å². The van der Waals surface area contributed by atoms with E-state index in [-0.39, 0.29) is 5.41 Å². The Morgan fingerprint density at radius 3 is 2.43 bits per heavy atom. The van der Waals surface area contributed by atoms with Gasteiger partial charge in [0.2, 0.25) is 0 Å². The van der Waals surface area contributed by atoms with Crippen LogP contribution in [0.3, 0.4) is 0 Å². The van der Waals surface area contributed by atoms with Crippen molar-refractivity contribution < 1.29 is 0 Å². The van der Waals surface area contributed by atoms with Gasteiger partial charge in [0.1, 0.15) is 0 Å². The predicted molar refractivity (Wildman–Crippen MR) is 56.0 cm³/mol. The Morgan fingerprint density at radius 2 is 1.71 bits per heavy atom. The van der Waals surface area contributed by atoms with Crippen molar-refractivity contribution in [2.75, 3.05) is 0 Å². The summed E-state index contributed by atoms with van der Waals surface area (Å²) in [5, 5.41) is 13.0. The van der Waals surface area contributed by atoms with Crippen molar-refractivity contribution >= 4 is 10.9 Å². The second-order valence-corrected chi connectivity index (χ2v) is 4.41. The zero-order valence-electron chi connectivity index (χ0n) is 8.65. The summed E-state index contributed by atoms with van der Waals surface area (Å²) in [7, 11) is 0. The first-order valence-electron chi connectivity index (χ1n) is 4.67. The maximum absolute atomic E-state index is 4.12. The summed E-state index contributed by atoms with van der Waals surface area (Å²) in [6, 6.07) is 7.96. The first kappa shape index (κ1) is 9.06. The number of aromatic nitrogens is 3. The Hall–Kier alpha value is -1.51. The van der Waals surface area contributed by atoms with E-state index in [2.05, 4.69) is 36.2 Å². The number of hydrogen-bond donors (Lipinski definition) is 0. The van der Waals surface area contributed by atoms with Crippen LogP contribution in [0.5, 0.6) is 0 Å². The summed E-state index contributed by atoms with van der Waals surface area (Å²) in [4.78, 5) is 0. The molecule has 3 nitrogen and oxygen atoms in total. The van der Waals surface area contributed by atoms with Crippen LogP contribution in [-0.4, -0.2) is 15.4 Å². The first-order chi connectivity index (χ1) is 6.59. The summed E-state index contributed by atoms with van der Waals surface area (Å²) in [6.45, 7) is 6.39. The van der Waals surface area contributed by atoms with Crippen molar-refractivity contribution in [1.82, 2.24) is 15.4 Å². The lowest BCUT2D eigenvalue weighted by molar-refractivity contribution is 0.559. The van der Waals surface area contributed by atoms with Crippen molar-refractivity contribution in [3.63, 3.8) is 0 Å². The van der Waals surface area contributed by atoms with Crippen LogP contribution in [0, 0.1) is 0 Å². The number of fused-ring (bicyclic) bond motifs is 1. The fourth-order valence-electron chi connectivity index (χ4n) is 1.48. The molecule has 0 amide bonds. The molecule has 0 aliphatic heterocycles. The van der Waals surface area contributed by atoms with E-state index in [0.29, 0.717) is 0 Å². The Bertz CT molecular complexity index is 452. The molecule has 0 saturated carbocycles. The van der Waals surface area contributed by atoms with Crippen molar-refractivity contribution in [2.45, 2.75) is 26.2 Å². The van der Waals surface area contributed by atoms with E-state index in [4.69, 9.17) is 0 Å². The third-order valence-electron chi connectivity index (χ3n) is 2.17. The number of nitrogens with zero attached hydrogens (tertiary/aromatic N) is 3. The minimum absolute atomic E-state index is 0.00947. The highest BCUT2D eigenvalue weighted by molar-refractivity contribution is 5.80. The monoisotopic (exact) mass is 187 g/mol. The van der Waals surface area contributed by atoms with E-state index in [1.807, 2.05) is 24.3 Å². The molecule has 0 spiro atoms. The third kappa shape index (κ3) is 1.45. The fraction of sp³-hybridized carbons (Fsp3) is 0.364. The van der Waals surface area contributed by atoms with Crippen LogP contribution < -0.4 is 0 Å². The van der Waals surface area contributed by atoms with Gasteiger partial charge in [-0.2, -0.15) is 0 Å². The summed E-state index contributed by atoms with van der Waals surface area (Å²) < 4.78 is 0. The highest BCUT2D eigenvalue weighted by Gasteiger charge is 2.19. The van der Waals surface area contributed by atoms with Gasteiger partial charge in [0.25, 0.3) is 0 Å². The smallest absolute Gasteiger partial charge is 0.0966 e. The van der Waals surface area contributed by atoms with Crippen LogP contribution in [0.2, 0.25) is 0 Å². The van der Waals surface area contributed by atoms with Crippen LogP contribution >= 0.6 is 0 Å². The minimum atomic E-state index is 0.00947. The summed E-state index contributed by atoms with van der Waals surface area (Å²) >= 11 is 0. The molecule has 72 valence electrons. The lowest BCUT2D eigenvalue weighted by atomic mass is 9.89. The van der Waals surface area contributed by atoms with E-state index in [0.717, 1.165) is 16.6 Å². The molecule has 0 saturated heterocycles. The lowest BCUT2D eigenvalue weighted by Gasteiger charge is -2.17. The molecule has 14 heavy (non-hydrogen) atoms. The molecular weight excluding hydrogens is 174 g/mol. The molecule has 3 heteroatoms. The van der Waals surface area contributed by atoms with Crippen LogP contribution in [0.15, 0.2) is 24.3 Å². The highest BCUT2D eigenvalue weighted by Crippen LogP contribution is 2.25. The molecule has 1 aromatic carbocycles. The van der Waals surface area contributed by atoms with Crippen molar-refractivity contribution in [3.8, 4) is 0 Å². The Morgan fingerprint density at radius 1 is 1.00 bits per heavy atom. The van der Waals surface area contributed by atoms with Crippen molar-refractivity contribution in [2.24, 2.45) is 0 Å². The average Bonchev–Trinajstić information content (AvgIpc) is 2.15. The molecule has 0 atom stereocenters. The van der Waals surface area contributed by atoms with Gasteiger partial charge in [-0.1, -0.05) is 39.0 Å². The van der Waals surface area contributed by atoms with Crippen LogP contribution in [0.25, 0.3) is 10.9 Å². The third-order valence-corrected chi connectivity index (χ3v) is 2.17. The van der Waals surface area contributed by atoms with Gasteiger partial charge < -0.3 is 0 Å². The van der Waals surface area contributed by atoms with Crippen LogP contribution in [0.4, 0.5) is 0 Å². The van der Waals surface area contributed by atoms with Gasteiger partial charge >= 0.3 is 0 Å². The van der Waals surface area contributed by atoms with Crippen molar-refractivity contribution in [3.05, 3.63) is 30.0 Å². The predicted octanol–water partition coefficient (Wildman–Crippen LogP) is 2.32. The zero-order chi connectivity index (χ0) is 10.2.